The van der Waals surface area contributed by atoms with E-state index in [-0.39, 0.29) is 17.1 Å². The molecular weight excluding hydrogens is 236 g/mol. The van der Waals surface area contributed by atoms with Crippen molar-refractivity contribution in [1.82, 2.24) is 10.2 Å². The number of β-amino-alcohol motifs (C(OH)–C–C–N with tert-alkyl or cyclic N) is 1. The zero-order chi connectivity index (χ0) is 14.7. The van der Waals surface area contributed by atoms with Crippen molar-refractivity contribution in [1.29, 1.82) is 0 Å². The smallest absolute Gasteiger partial charge is 0.0693 e. The van der Waals surface area contributed by atoms with Gasteiger partial charge in [-0.3, -0.25) is 0 Å². The van der Waals surface area contributed by atoms with Crippen molar-refractivity contribution in [3.05, 3.63) is 0 Å². The second kappa shape index (κ2) is 6.55. The Labute approximate surface area is 119 Å². The first-order valence-corrected chi connectivity index (χ1v) is 7.81. The summed E-state index contributed by atoms with van der Waals surface area (Å²) < 4.78 is 0. The lowest BCUT2D eigenvalue weighted by atomic mass is 9.84. The Morgan fingerprint density at radius 1 is 1.26 bits per heavy atom. The predicted octanol–water partition coefficient (Wildman–Crippen LogP) is 2.49. The van der Waals surface area contributed by atoms with Crippen LogP contribution in [0.3, 0.4) is 0 Å². The molecular formula is C16H34N2O. The van der Waals surface area contributed by atoms with Crippen molar-refractivity contribution in [2.24, 2.45) is 11.3 Å². The highest BCUT2D eigenvalue weighted by Gasteiger charge is 2.31. The molecule has 0 aromatic carbocycles. The molecule has 3 nitrogen and oxygen atoms in total. The van der Waals surface area contributed by atoms with Crippen LogP contribution in [0, 0.1) is 11.3 Å². The molecule has 0 spiro atoms. The van der Waals surface area contributed by atoms with Crippen molar-refractivity contribution in [3.63, 3.8) is 0 Å². The Balaban J connectivity index is 2.51. The number of nitrogens with one attached hydrogen (secondary N) is 1. The van der Waals surface area contributed by atoms with Crippen molar-refractivity contribution in [3.8, 4) is 0 Å². The van der Waals surface area contributed by atoms with E-state index in [1.807, 2.05) is 0 Å². The van der Waals surface area contributed by atoms with E-state index >= 15 is 0 Å². The second-order valence-electron chi connectivity index (χ2n) is 7.84. The van der Waals surface area contributed by atoms with Gasteiger partial charge in [0.15, 0.2) is 0 Å². The van der Waals surface area contributed by atoms with Crippen LogP contribution in [-0.4, -0.2) is 47.8 Å². The summed E-state index contributed by atoms with van der Waals surface area (Å²) in [6.45, 7) is 17.5. The summed E-state index contributed by atoms with van der Waals surface area (Å²) in [5.74, 6) is 0.455. The summed E-state index contributed by atoms with van der Waals surface area (Å²) in [6.07, 6.45) is 2.14. The van der Waals surface area contributed by atoms with Gasteiger partial charge >= 0.3 is 0 Å². The molecule has 0 radical (unpaired) electrons. The van der Waals surface area contributed by atoms with Gasteiger partial charge in [-0.15, -0.1) is 0 Å². The molecule has 0 bridgehead atoms. The van der Waals surface area contributed by atoms with Crippen LogP contribution in [0.15, 0.2) is 0 Å². The molecule has 2 N–H and O–H groups in total. The zero-order valence-corrected chi connectivity index (χ0v) is 13.8. The third kappa shape index (κ3) is 5.80. The molecule has 19 heavy (non-hydrogen) atoms. The van der Waals surface area contributed by atoms with E-state index in [2.05, 4.69) is 51.8 Å². The fourth-order valence-electron chi connectivity index (χ4n) is 2.57. The topological polar surface area (TPSA) is 35.5 Å². The average molecular weight is 270 g/mol. The molecule has 1 fully saturated rings. The maximum Gasteiger partial charge on any atom is 0.0693 e. The van der Waals surface area contributed by atoms with Crippen LogP contribution < -0.4 is 5.32 Å². The van der Waals surface area contributed by atoms with Gasteiger partial charge < -0.3 is 15.3 Å². The lowest BCUT2D eigenvalue weighted by molar-refractivity contribution is 0.0107. The van der Waals surface area contributed by atoms with E-state index in [9.17, 15) is 5.11 Å². The lowest BCUT2D eigenvalue weighted by Crippen LogP contribution is -2.51. The predicted molar refractivity (Wildman–Crippen MR) is 82.4 cm³/mol. The fourth-order valence-corrected chi connectivity index (χ4v) is 2.57. The Kier molecular flexibility index (Phi) is 5.84. The van der Waals surface area contributed by atoms with E-state index in [1.54, 1.807) is 0 Å². The summed E-state index contributed by atoms with van der Waals surface area (Å²) in [5, 5.41) is 13.7. The molecule has 1 aliphatic heterocycles. The van der Waals surface area contributed by atoms with E-state index in [1.165, 1.54) is 0 Å². The maximum absolute atomic E-state index is 10.0. The number of aliphatic hydroxyl groups excluding tert-OH is 1. The first-order chi connectivity index (χ1) is 8.65. The highest BCUT2D eigenvalue weighted by Crippen LogP contribution is 2.26. The van der Waals surface area contributed by atoms with Crippen molar-refractivity contribution < 1.29 is 5.11 Å². The highest BCUT2D eigenvalue weighted by molar-refractivity contribution is 4.86. The van der Waals surface area contributed by atoms with Gasteiger partial charge in [0.2, 0.25) is 0 Å². The standard InChI is InChI=1S/C16H34N2O/c1-7-16(6,11-17-15(3,4)5)12-18-9-8-13(2)14(19)10-18/h13-14,17,19H,7-12H2,1-6H3. The molecule has 0 aromatic heterocycles. The zero-order valence-electron chi connectivity index (χ0n) is 13.8. The van der Waals surface area contributed by atoms with Gasteiger partial charge in [-0.25, -0.2) is 0 Å². The normalized spacial score (nSPS) is 29.2. The van der Waals surface area contributed by atoms with Crippen LogP contribution in [0.25, 0.3) is 0 Å². The van der Waals surface area contributed by atoms with Gasteiger partial charge in [0.1, 0.15) is 0 Å². The number of rotatable bonds is 5. The molecule has 0 aromatic rings. The minimum atomic E-state index is -0.148. The molecule has 0 saturated carbocycles. The van der Waals surface area contributed by atoms with Crippen molar-refractivity contribution in [2.75, 3.05) is 26.2 Å². The summed E-state index contributed by atoms with van der Waals surface area (Å²) in [6, 6.07) is 0. The Bertz CT molecular complexity index is 274. The summed E-state index contributed by atoms with van der Waals surface area (Å²) >= 11 is 0. The third-order valence-electron chi connectivity index (χ3n) is 4.51. The third-order valence-corrected chi connectivity index (χ3v) is 4.51. The molecule has 3 atom stereocenters. The number of piperidine rings is 1. The maximum atomic E-state index is 10.0. The Morgan fingerprint density at radius 2 is 1.89 bits per heavy atom. The van der Waals surface area contributed by atoms with Gasteiger partial charge in [-0.1, -0.05) is 20.8 Å². The van der Waals surface area contributed by atoms with Crippen LogP contribution in [-0.2, 0) is 0 Å². The van der Waals surface area contributed by atoms with Crippen LogP contribution in [0.2, 0.25) is 0 Å². The molecule has 3 unspecified atom stereocenters. The summed E-state index contributed by atoms with van der Waals surface area (Å²) in [4.78, 5) is 2.44. The molecule has 1 rings (SSSR count). The van der Waals surface area contributed by atoms with Gasteiger partial charge in [-0.2, -0.15) is 0 Å². The molecule has 0 amide bonds. The van der Waals surface area contributed by atoms with Gasteiger partial charge in [-0.05, 0) is 51.5 Å². The number of aliphatic hydroxyl groups is 1. The Morgan fingerprint density at radius 3 is 2.37 bits per heavy atom. The molecule has 1 heterocycles. The quantitative estimate of drug-likeness (QED) is 0.806. The minimum absolute atomic E-state index is 0.148. The average Bonchev–Trinajstić information content (AvgIpc) is 2.31. The molecule has 1 aliphatic rings. The number of nitrogens with zero attached hydrogens (tertiary/aromatic N) is 1. The molecule has 3 heteroatoms. The largest absolute Gasteiger partial charge is 0.392 e. The molecule has 0 aliphatic carbocycles. The van der Waals surface area contributed by atoms with Crippen LogP contribution in [0.4, 0.5) is 0 Å². The summed E-state index contributed by atoms with van der Waals surface area (Å²) in [5.41, 5.74) is 0.458. The first kappa shape index (κ1) is 16.9. The number of hydrogen-bond acceptors (Lipinski definition) is 3. The van der Waals surface area contributed by atoms with Gasteiger partial charge in [0.25, 0.3) is 0 Å². The molecule has 114 valence electrons. The Hall–Kier alpha value is -0.120. The van der Waals surface area contributed by atoms with E-state index < -0.39 is 0 Å². The van der Waals surface area contributed by atoms with Crippen LogP contribution in [0.1, 0.15) is 54.4 Å². The first-order valence-electron chi connectivity index (χ1n) is 7.81. The highest BCUT2D eigenvalue weighted by atomic mass is 16.3. The van der Waals surface area contributed by atoms with Crippen molar-refractivity contribution in [2.45, 2.75) is 66.0 Å². The molecule has 1 saturated heterocycles. The monoisotopic (exact) mass is 270 g/mol. The fraction of sp³-hybridized carbons (Fsp3) is 1.00. The van der Waals surface area contributed by atoms with Crippen molar-refractivity contribution >= 4 is 0 Å². The minimum Gasteiger partial charge on any atom is -0.392 e. The second-order valence-corrected chi connectivity index (χ2v) is 7.84. The van der Waals surface area contributed by atoms with Gasteiger partial charge in [0, 0.05) is 25.2 Å². The number of hydrogen-bond donors (Lipinski definition) is 2. The SMILES string of the molecule is CCC(C)(CNC(C)(C)C)CN1CCC(C)C(O)C1. The van der Waals surface area contributed by atoms with E-state index in [0.717, 1.165) is 39.0 Å². The van der Waals surface area contributed by atoms with E-state index in [0.29, 0.717) is 5.92 Å². The van der Waals surface area contributed by atoms with Crippen LogP contribution >= 0.6 is 0 Å². The lowest BCUT2D eigenvalue weighted by Gasteiger charge is -2.41. The number of likely N-dealkylation sites (tertiary alicyclic amines) is 1. The van der Waals surface area contributed by atoms with Crippen LogP contribution in [0.5, 0.6) is 0 Å². The van der Waals surface area contributed by atoms with E-state index in [4.69, 9.17) is 0 Å². The van der Waals surface area contributed by atoms with Gasteiger partial charge in [0.05, 0.1) is 6.10 Å². The summed E-state index contributed by atoms with van der Waals surface area (Å²) in [7, 11) is 0.